The van der Waals surface area contributed by atoms with Gasteiger partial charge in [0.05, 0.1) is 5.56 Å². The minimum atomic E-state index is -4.44. The molecule has 1 atom stereocenters. The van der Waals surface area contributed by atoms with Crippen LogP contribution in [0.4, 0.5) is 13.2 Å². The number of aromatic nitrogens is 1. The molecular weight excluding hydrogens is 347 g/mol. The van der Waals surface area contributed by atoms with Gasteiger partial charge >= 0.3 is 6.18 Å². The van der Waals surface area contributed by atoms with Crippen molar-refractivity contribution in [3.05, 3.63) is 53.7 Å². The zero-order valence-electron chi connectivity index (χ0n) is 13.9. The molecule has 0 bridgehead atoms. The molecule has 1 fully saturated rings. The van der Waals surface area contributed by atoms with E-state index in [9.17, 15) is 18.0 Å². The Kier molecular flexibility index (Phi) is 5.13. The first-order chi connectivity index (χ1) is 12.3. The highest BCUT2D eigenvalue weighted by molar-refractivity contribution is 5.94. The molecule has 2 heterocycles. The maximum absolute atomic E-state index is 12.5. The summed E-state index contributed by atoms with van der Waals surface area (Å²) < 4.78 is 43.0. The minimum Gasteiger partial charge on any atom is -0.439 e. The second-order valence-electron chi connectivity index (χ2n) is 6.16. The van der Waals surface area contributed by atoms with E-state index in [0.29, 0.717) is 30.6 Å². The Morgan fingerprint density at radius 1 is 1.19 bits per heavy atom. The SMILES string of the molecule is N[C@H]1CCCN(C(=O)c2ccc(Oc3ccc(C(F)(F)F)cn3)cc2)C1. The molecule has 1 saturated heterocycles. The van der Waals surface area contributed by atoms with Crippen LogP contribution in [0.2, 0.25) is 0 Å². The van der Waals surface area contributed by atoms with Crippen LogP contribution in [0.1, 0.15) is 28.8 Å². The second kappa shape index (κ2) is 7.33. The number of alkyl halides is 3. The Morgan fingerprint density at radius 2 is 1.92 bits per heavy atom. The van der Waals surface area contributed by atoms with E-state index < -0.39 is 11.7 Å². The zero-order valence-corrected chi connectivity index (χ0v) is 13.9. The molecule has 1 aromatic heterocycles. The predicted molar refractivity (Wildman–Crippen MR) is 88.9 cm³/mol. The molecule has 138 valence electrons. The third-order valence-corrected chi connectivity index (χ3v) is 4.13. The molecule has 8 heteroatoms. The summed E-state index contributed by atoms with van der Waals surface area (Å²) in [4.78, 5) is 17.8. The molecule has 0 aliphatic carbocycles. The van der Waals surface area contributed by atoms with Crippen LogP contribution in [0.25, 0.3) is 0 Å². The van der Waals surface area contributed by atoms with Crippen LogP contribution < -0.4 is 10.5 Å². The van der Waals surface area contributed by atoms with E-state index >= 15 is 0 Å². The fourth-order valence-corrected chi connectivity index (χ4v) is 2.77. The molecule has 0 spiro atoms. The quantitative estimate of drug-likeness (QED) is 0.905. The summed E-state index contributed by atoms with van der Waals surface area (Å²) in [6.07, 6.45) is -1.93. The Morgan fingerprint density at radius 3 is 2.50 bits per heavy atom. The smallest absolute Gasteiger partial charge is 0.417 e. The molecule has 1 amide bonds. The number of nitrogens with two attached hydrogens (primary N) is 1. The van der Waals surface area contributed by atoms with Crippen LogP contribution >= 0.6 is 0 Å². The Labute approximate surface area is 148 Å². The van der Waals surface area contributed by atoms with Crippen LogP contribution in [-0.2, 0) is 6.18 Å². The fourth-order valence-electron chi connectivity index (χ4n) is 2.77. The molecule has 2 N–H and O–H groups in total. The van der Waals surface area contributed by atoms with Crippen molar-refractivity contribution < 1.29 is 22.7 Å². The normalized spacial score (nSPS) is 17.8. The summed E-state index contributed by atoms with van der Waals surface area (Å²) in [7, 11) is 0. The molecule has 2 aromatic rings. The minimum absolute atomic E-state index is 0.000973. The van der Waals surface area contributed by atoms with Crippen molar-refractivity contribution in [1.82, 2.24) is 9.88 Å². The molecule has 1 aliphatic rings. The topological polar surface area (TPSA) is 68.5 Å². The Bertz CT molecular complexity index is 761. The number of nitrogens with zero attached hydrogens (tertiary/aromatic N) is 2. The highest BCUT2D eigenvalue weighted by Crippen LogP contribution is 2.30. The molecule has 1 aliphatic heterocycles. The van der Waals surface area contributed by atoms with E-state index in [1.54, 1.807) is 29.2 Å². The average molecular weight is 365 g/mol. The van der Waals surface area contributed by atoms with Gasteiger partial charge in [-0.05, 0) is 43.2 Å². The van der Waals surface area contributed by atoms with Crippen LogP contribution in [0.5, 0.6) is 11.6 Å². The van der Waals surface area contributed by atoms with Crippen molar-refractivity contribution in [2.75, 3.05) is 13.1 Å². The predicted octanol–water partition coefficient (Wildman–Crippen LogP) is 3.46. The lowest BCUT2D eigenvalue weighted by Gasteiger charge is -2.30. The molecular formula is C18H18F3N3O2. The first-order valence-corrected chi connectivity index (χ1v) is 8.19. The summed E-state index contributed by atoms with van der Waals surface area (Å²) in [6.45, 7) is 1.22. The van der Waals surface area contributed by atoms with Crippen molar-refractivity contribution >= 4 is 5.91 Å². The lowest BCUT2D eigenvalue weighted by molar-refractivity contribution is -0.137. The lowest BCUT2D eigenvalue weighted by atomic mass is 10.1. The Hall–Kier alpha value is -2.61. The molecule has 5 nitrogen and oxygen atoms in total. The maximum Gasteiger partial charge on any atom is 0.417 e. The lowest BCUT2D eigenvalue weighted by Crippen LogP contribution is -2.45. The van der Waals surface area contributed by atoms with E-state index in [2.05, 4.69) is 4.98 Å². The van der Waals surface area contributed by atoms with Crippen molar-refractivity contribution in [2.45, 2.75) is 25.1 Å². The van der Waals surface area contributed by atoms with Gasteiger partial charge in [0, 0.05) is 37.0 Å². The number of halogens is 3. The standard InChI is InChI=1S/C18H18F3N3O2/c19-18(20,21)13-5-8-16(23-10-13)26-15-6-3-12(4-7-15)17(25)24-9-1-2-14(22)11-24/h3-8,10,14H,1-2,9,11,22H2/t14-/m0/s1. The number of carbonyl (C=O) groups excluding carboxylic acids is 1. The third-order valence-electron chi connectivity index (χ3n) is 4.13. The number of likely N-dealkylation sites (tertiary alicyclic amines) is 1. The van der Waals surface area contributed by atoms with E-state index in [-0.39, 0.29) is 17.8 Å². The molecule has 1 aromatic carbocycles. The van der Waals surface area contributed by atoms with Gasteiger partial charge in [0.25, 0.3) is 5.91 Å². The number of amides is 1. The fraction of sp³-hybridized carbons (Fsp3) is 0.333. The van der Waals surface area contributed by atoms with E-state index in [0.717, 1.165) is 25.0 Å². The van der Waals surface area contributed by atoms with Gasteiger partial charge in [-0.2, -0.15) is 13.2 Å². The second-order valence-corrected chi connectivity index (χ2v) is 6.16. The molecule has 0 radical (unpaired) electrons. The monoisotopic (exact) mass is 365 g/mol. The molecule has 3 rings (SSSR count). The number of carbonyl (C=O) groups is 1. The van der Waals surface area contributed by atoms with Gasteiger partial charge in [0.15, 0.2) is 0 Å². The van der Waals surface area contributed by atoms with Crippen molar-refractivity contribution in [1.29, 1.82) is 0 Å². The van der Waals surface area contributed by atoms with E-state index in [4.69, 9.17) is 10.5 Å². The van der Waals surface area contributed by atoms with Gasteiger partial charge in [0.1, 0.15) is 5.75 Å². The summed E-state index contributed by atoms with van der Waals surface area (Å²) in [5, 5.41) is 0. The van der Waals surface area contributed by atoms with Gasteiger partial charge in [0.2, 0.25) is 5.88 Å². The first-order valence-electron chi connectivity index (χ1n) is 8.19. The average Bonchev–Trinajstić information content (AvgIpc) is 2.61. The maximum atomic E-state index is 12.5. The molecule has 0 saturated carbocycles. The van der Waals surface area contributed by atoms with Gasteiger partial charge < -0.3 is 15.4 Å². The number of hydrogen-bond donors (Lipinski definition) is 1. The summed E-state index contributed by atoms with van der Waals surface area (Å²) >= 11 is 0. The zero-order chi connectivity index (χ0) is 18.7. The summed E-state index contributed by atoms with van der Waals surface area (Å²) in [5.74, 6) is 0.322. The van der Waals surface area contributed by atoms with Crippen LogP contribution in [-0.4, -0.2) is 34.9 Å². The highest BCUT2D eigenvalue weighted by atomic mass is 19.4. The summed E-state index contributed by atoms with van der Waals surface area (Å²) in [5.41, 5.74) is 5.56. The first kappa shape index (κ1) is 18.2. The van der Waals surface area contributed by atoms with E-state index in [1.807, 2.05) is 0 Å². The number of piperidine rings is 1. The van der Waals surface area contributed by atoms with Gasteiger partial charge in [-0.3, -0.25) is 4.79 Å². The number of ether oxygens (including phenoxy) is 1. The van der Waals surface area contributed by atoms with Crippen LogP contribution in [0.15, 0.2) is 42.6 Å². The number of benzene rings is 1. The number of hydrogen-bond acceptors (Lipinski definition) is 4. The molecule has 26 heavy (non-hydrogen) atoms. The van der Waals surface area contributed by atoms with Gasteiger partial charge in [-0.15, -0.1) is 0 Å². The van der Waals surface area contributed by atoms with E-state index in [1.165, 1.54) is 0 Å². The van der Waals surface area contributed by atoms with Crippen LogP contribution in [0.3, 0.4) is 0 Å². The molecule has 0 unspecified atom stereocenters. The van der Waals surface area contributed by atoms with Crippen molar-refractivity contribution in [2.24, 2.45) is 5.73 Å². The van der Waals surface area contributed by atoms with Gasteiger partial charge in [-0.25, -0.2) is 4.98 Å². The highest BCUT2D eigenvalue weighted by Gasteiger charge is 2.30. The third kappa shape index (κ3) is 4.32. The number of pyridine rings is 1. The van der Waals surface area contributed by atoms with Crippen molar-refractivity contribution in [3.63, 3.8) is 0 Å². The number of rotatable bonds is 3. The Balaban J connectivity index is 1.65. The van der Waals surface area contributed by atoms with Gasteiger partial charge in [-0.1, -0.05) is 0 Å². The largest absolute Gasteiger partial charge is 0.439 e. The van der Waals surface area contributed by atoms with Crippen LogP contribution in [0, 0.1) is 0 Å². The van der Waals surface area contributed by atoms with Crippen molar-refractivity contribution in [3.8, 4) is 11.6 Å². The summed E-state index contributed by atoms with van der Waals surface area (Å²) in [6, 6.07) is 8.44.